The maximum Gasteiger partial charge on any atom is 0.0206 e. The summed E-state index contributed by atoms with van der Waals surface area (Å²) in [6.45, 7) is 6.65. The minimum Gasteiger partial charge on any atom is -0.326 e. The van der Waals surface area contributed by atoms with Crippen LogP contribution >= 0.6 is 0 Å². The molecule has 2 nitrogen and oxygen atoms in total. The molecule has 0 radical (unpaired) electrons. The smallest absolute Gasteiger partial charge is 0.0206 e. The van der Waals surface area contributed by atoms with Gasteiger partial charge in [-0.1, -0.05) is 13.8 Å². The van der Waals surface area contributed by atoms with Crippen LogP contribution in [0.4, 0.5) is 0 Å². The van der Waals surface area contributed by atoms with Crippen LogP contribution in [0.2, 0.25) is 0 Å². The fraction of sp³-hybridized carbons (Fsp3) is 1.00. The summed E-state index contributed by atoms with van der Waals surface area (Å²) in [5.74, 6) is 1.51. The predicted molar refractivity (Wildman–Crippen MR) is 43.8 cm³/mol. The van der Waals surface area contributed by atoms with Gasteiger partial charge in [0.2, 0.25) is 0 Å². The second-order valence-corrected chi connectivity index (χ2v) is 3.71. The molecular formula is C8H18N2. The second-order valence-electron chi connectivity index (χ2n) is 3.71. The molecule has 0 bridgehead atoms. The van der Waals surface area contributed by atoms with Crippen molar-refractivity contribution in [3.8, 4) is 0 Å². The first-order valence-electron chi connectivity index (χ1n) is 4.16. The molecule has 0 aromatic heterocycles. The highest BCUT2D eigenvalue weighted by Gasteiger charge is 2.23. The van der Waals surface area contributed by atoms with Crippen LogP contribution in [0, 0.1) is 11.8 Å². The zero-order chi connectivity index (χ0) is 7.56. The Bertz CT molecular complexity index is 101. The van der Waals surface area contributed by atoms with Gasteiger partial charge in [0.25, 0.3) is 0 Å². The summed E-state index contributed by atoms with van der Waals surface area (Å²) < 4.78 is 0. The lowest BCUT2D eigenvalue weighted by atomic mass is 9.94. The first kappa shape index (κ1) is 8.02. The van der Waals surface area contributed by atoms with E-state index < -0.39 is 0 Å². The Kier molecular flexibility index (Phi) is 2.69. The quantitative estimate of drug-likeness (QED) is 0.592. The van der Waals surface area contributed by atoms with Gasteiger partial charge in [-0.25, -0.2) is 0 Å². The first-order chi connectivity index (χ1) is 4.70. The maximum atomic E-state index is 5.86. The van der Waals surface area contributed by atoms with Crippen molar-refractivity contribution in [1.29, 1.82) is 0 Å². The van der Waals surface area contributed by atoms with E-state index in [0.717, 1.165) is 24.9 Å². The molecule has 0 aromatic rings. The normalized spacial score (nSPS) is 33.6. The summed E-state index contributed by atoms with van der Waals surface area (Å²) in [7, 11) is 0. The Morgan fingerprint density at radius 3 is 2.60 bits per heavy atom. The van der Waals surface area contributed by atoms with Crippen molar-refractivity contribution in [3.05, 3.63) is 0 Å². The largest absolute Gasteiger partial charge is 0.326 e. The van der Waals surface area contributed by atoms with Crippen LogP contribution < -0.4 is 11.1 Å². The van der Waals surface area contributed by atoms with Crippen LogP contribution in [0.5, 0.6) is 0 Å². The van der Waals surface area contributed by atoms with E-state index in [9.17, 15) is 0 Å². The third kappa shape index (κ3) is 1.96. The average molecular weight is 142 g/mol. The molecule has 1 rings (SSSR count). The van der Waals surface area contributed by atoms with E-state index >= 15 is 0 Å². The molecule has 1 fully saturated rings. The Labute approximate surface area is 63.2 Å². The molecule has 1 saturated heterocycles. The number of hydrogen-bond acceptors (Lipinski definition) is 2. The van der Waals surface area contributed by atoms with E-state index in [2.05, 4.69) is 19.2 Å². The number of nitrogens with two attached hydrogens (primary N) is 1. The first-order valence-corrected chi connectivity index (χ1v) is 4.16. The van der Waals surface area contributed by atoms with E-state index in [1.807, 2.05) is 0 Å². The summed E-state index contributed by atoms with van der Waals surface area (Å²) in [6.07, 6.45) is 1.27. The maximum absolute atomic E-state index is 5.86. The lowest BCUT2D eigenvalue weighted by Gasteiger charge is -2.15. The molecule has 0 spiro atoms. The fourth-order valence-corrected chi connectivity index (χ4v) is 1.62. The van der Waals surface area contributed by atoms with Gasteiger partial charge in [0.1, 0.15) is 0 Å². The summed E-state index contributed by atoms with van der Waals surface area (Å²) in [4.78, 5) is 0. The monoisotopic (exact) mass is 142 g/mol. The van der Waals surface area contributed by atoms with Crippen LogP contribution in [-0.4, -0.2) is 19.1 Å². The van der Waals surface area contributed by atoms with Crippen LogP contribution in [0.15, 0.2) is 0 Å². The van der Waals surface area contributed by atoms with Gasteiger partial charge in [-0.2, -0.15) is 0 Å². The molecule has 1 aliphatic heterocycles. The lowest BCUT2D eigenvalue weighted by molar-refractivity contribution is 0.405. The molecule has 2 unspecified atom stereocenters. The average Bonchev–Trinajstić information content (AvgIpc) is 2.15. The standard InChI is InChI=1S/C8H18N2/c1-6(2)3-7-4-10-5-8(7)9/h6-8,10H,3-5,9H2,1-2H3. The van der Waals surface area contributed by atoms with Gasteiger partial charge in [-0.3, -0.25) is 0 Å². The second kappa shape index (κ2) is 3.35. The number of rotatable bonds is 2. The third-order valence-electron chi connectivity index (χ3n) is 2.17. The number of hydrogen-bond donors (Lipinski definition) is 2. The van der Waals surface area contributed by atoms with E-state index in [1.165, 1.54) is 6.42 Å². The molecule has 2 atom stereocenters. The molecule has 1 heterocycles. The molecule has 3 N–H and O–H groups in total. The molecule has 0 amide bonds. The Morgan fingerprint density at radius 2 is 2.20 bits per heavy atom. The highest BCUT2D eigenvalue weighted by molar-refractivity contribution is 4.84. The van der Waals surface area contributed by atoms with Crippen molar-refractivity contribution in [2.45, 2.75) is 26.3 Å². The summed E-state index contributed by atoms with van der Waals surface area (Å²) in [5.41, 5.74) is 5.86. The van der Waals surface area contributed by atoms with E-state index in [0.29, 0.717) is 6.04 Å². The van der Waals surface area contributed by atoms with E-state index in [1.54, 1.807) is 0 Å². The molecule has 2 heteroatoms. The number of nitrogens with one attached hydrogen (secondary N) is 1. The van der Waals surface area contributed by atoms with Gasteiger partial charge in [-0.15, -0.1) is 0 Å². The van der Waals surface area contributed by atoms with E-state index in [-0.39, 0.29) is 0 Å². The van der Waals surface area contributed by atoms with Crippen LogP contribution in [0.3, 0.4) is 0 Å². The van der Waals surface area contributed by atoms with Crippen LogP contribution in [0.25, 0.3) is 0 Å². The Balaban J connectivity index is 2.26. The van der Waals surface area contributed by atoms with Crippen molar-refractivity contribution in [3.63, 3.8) is 0 Å². The van der Waals surface area contributed by atoms with E-state index in [4.69, 9.17) is 5.73 Å². The lowest BCUT2D eigenvalue weighted by Crippen LogP contribution is -2.29. The van der Waals surface area contributed by atoms with Crippen LogP contribution in [-0.2, 0) is 0 Å². The van der Waals surface area contributed by atoms with Crippen molar-refractivity contribution < 1.29 is 0 Å². The zero-order valence-corrected chi connectivity index (χ0v) is 6.93. The molecule has 0 aromatic carbocycles. The van der Waals surface area contributed by atoms with Crippen LogP contribution in [0.1, 0.15) is 20.3 Å². The molecule has 0 aliphatic carbocycles. The van der Waals surface area contributed by atoms with Crippen molar-refractivity contribution in [1.82, 2.24) is 5.32 Å². The highest BCUT2D eigenvalue weighted by atomic mass is 15.0. The van der Waals surface area contributed by atoms with Crippen molar-refractivity contribution in [2.24, 2.45) is 17.6 Å². The molecule has 60 valence electrons. The topological polar surface area (TPSA) is 38.0 Å². The zero-order valence-electron chi connectivity index (χ0n) is 6.93. The SMILES string of the molecule is CC(C)CC1CNCC1N. The minimum atomic E-state index is 0.405. The van der Waals surface area contributed by atoms with Crippen molar-refractivity contribution in [2.75, 3.05) is 13.1 Å². The summed E-state index contributed by atoms with van der Waals surface area (Å²) in [6, 6.07) is 0.405. The van der Waals surface area contributed by atoms with Gasteiger partial charge in [-0.05, 0) is 24.8 Å². The highest BCUT2D eigenvalue weighted by Crippen LogP contribution is 2.16. The van der Waals surface area contributed by atoms with Gasteiger partial charge in [0, 0.05) is 12.6 Å². The third-order valence-corrected chi connectivity index (χ3v) is 2.17. The molecule has 0 saturated carbocycles. The molecule has 10 heavy (non-hydrogen) atoms. The fourth-order valence-electron chi connectivity index (χ4n) is 1.62. The Morgan fingerprint density at radius 1 is 1.50 bits per heavy atom. The predicted octanol–water partition coefficient (Wildman–Crippen LogP) is 0.579. The van der Waals surface area contributed by atoms with Crippen molar-refractivity contribution >= 4 is 0 Å². The summed E-state index contributed by atoms with van der Waals surface area (Å²) in [5, 5.41) is 3.30. The molecular weight excluding hydrogens is 124 g/mol. The van der Waals surface area contributed by atoms with Gasteiger partial charge in [0.15, 0.2) is 0 Å². The Hall–Kier alpha value is -0.0800. The van der Waals surface area contributed by atoms with Gasteiger partial charge in [0.05, 0.1) is 0 Å². The van der Waals surface area contributed by atoms with Gasteiger partial charge >= 0.3 is 0 Å². The van der Waals surface area contributed by atoms with Gasteiger partial charge < -0.3 is 11.1 Å². The summed E-state index contributed by atoms with van der Waals surface area (Å²) >= 11 is 0. The minimum absolute atomic E-state index is 0.405. The molecule has 1 aliphatic rings.